The molecule has 3 heterocycles. The van der Waals surface area contributed by atoms with E-state index in [1.54, 1.807) is 0 Å². The van der Waals surface area contributed by atoms with Crippen molar-refractivity contribution in [3.8, 4) is 5.75 Å². The molecule has 186 valence electrons. The molecular weight excluding hydrogens is 434 g/mol. The third-order valence-electron chi connectivity index (χ3n) is 7.57. The molecule has 4 atom stereocenters. The van der Waals surface area contributed by atoms with E-state index in [0.29, 0.717) is 25.3 Å². The maximum absolute atomic E-state index is 12.6. The summed E-state index contributed by atoms with van der Waals surface area (Å²) in [5.41, 5.74) is 1.79. The van der Waals surface area contributed by atoms with Gasteiger partial charge in [-0.2, -0.15) is 0 Å². The van der Waals surface area contributed by atoms with Crippen molar-refractivity contribution in [2.24, 2.45) is 5.92 Å². The molecule has 0 unspecified atom stereocenters. The topological polar surface area (TPSA) is 100 Å². The van der Waals surface area contributed by atoms with Crippen molar-refractivity contribution >= 4 is 17.5 Å². The van der Waals surface area contributed by atoms with Crippen molar-refractivity contribution in [3.05, 3.63) is 23.8 Å². The minimum absolute atomic E-state index is 0.0163. The molecule has 0 bridgehead atoms. The number of amides is 2. The lowest BCUT2D eigenvalue weighted by molar-refractivity contribution is -0.142. The Kier molecular flexibility index (Phi) is 7.37. The van der Waals surface area contributed by atoms with E-state index < -0.39 is 6.10 Å². The summed E-state index contributed by atoms with van der Waals surface area (Å²) in [6.45, 7) is 3.61. The third-order valence-corrected chi connectivity index (χ3v) is 7.57. The number of rotatable bonds is 9. The zero-order chi connectivity index (χ0) is 23.5. The Hall–Kier alpha value is -2.16. The molecule has 1 aliphatic carbocycles. The number of nitrogens with one attached hydrogen (secondary N) is 2. The fourth-order valence-electron chi connectivity index (χ4n) is 5.58. The second kappa shape index (κ2) is 10.6. The first-order valence-electron chi connectivity index (χ1n) is 12.9. The highest BCUT2D eigenvalue weighted by Gasteiger charge is 2.46. The van der Waals surface area contributed by atoms with Gasteiger partial charge in [0, 0.05) is 36.7 Å². The smallest absolute Gasteiger partial charge is 0.224 e. The van der Waals surface area contributed by atoms with Gasteiger partial charge in [0.25, 0.3) is 0 Å². The Bertz CT molecular complexity index is 883. The Morgan fingerprint density at radius 3 is 2.68 bits per heavy atom. The lowest BCUT2D eigenvalue weighted by Gasteiger charge is -2.37. The summed E-state index contributed by atoms with van der Waals surface area (Å²) >= 11 is 0. The van der Waals surface area contributed by atoms with Crippen LogP contribution in [0.1, 0.15) is 62.8 Å². The summed E-state index contributed by atoms with van der Waals surface area (Å²) in [7, 11) is 0. The molecule has 1 aromatic rings. The standard InChI is InChI=1S/C26H37N3O5/c30-16-23-26-21(14-19(33-23)15-24(31)27-8-11-29-9-2-1-3-10-29)20-13-18(6-7-22(20)34-26)28-25(32)12-17-4-5-17/h6-7,13,17,19,21,23,26,30H,1-5,8-12,14-16H2,(H,27,31)(H,28,32)/t19-,21+,23+,26-/m0/s1. The van der Waals surface area contributed by atoms with E-state index in [1.165, 1.54) is 19.3 Å². The average molecular weight is 472 g/mol. The van der Waals surface area contributed by atoms with Crippen molar-refractivity contribution in [2.45, 2.75) is 75.6 Å². The Balaban J connectivity index is 1.17. The molecule has 5 rings (SSSR count). The predicted molar refractivity (Wildman–Crippen MR) is 128 cm³/mol. The maximum atomic E-state index is 12.6. The maximum Gasteiger partial charge on any atom is 0.224 e. The molecule has 0 radical (unpaired) electrons. The van der Waals surface area contributed by atoms with E-state index >= 15 is 0 Å². The Labute approximate surface area is 201 Å². The number of ether oxygens (including phenoxy) is 2. The summed E-state index contributed by atoms with van der Waals surface area (Å²) in [5.74, 6) is 1.36. The molecule has 3 fully saturated rings. The first kappa shape index (κ1) is 23.6. The summed E-state index contributed by atoms with van der Waals surface area (Å²) in [4.78, 5) is 27.3. The number of benzene rings is 1. The van der Waals surface area contributed by atoms with Gasteiger partial charge in [0.1, 0.15) is 18.0 Å². The van der Waals surface area contributed by atoms with Crippen LogP contribution in [0.25, 0.3) is 0 Å². The van der Waals surface area contributed by atoms with Crippen molar-refractivity contribution in [1.82, 2.24) is 10.2 Å². The molecule has 3 N–H and O–H groups in total. The number of nitrogens with zero attached hydrogens (tertiary/aromatic N) is 1. The van der Waals surface area contributed by atoms with Gasteiger partial charge in [-0.25, -0.2) is 0 Å². The molecular formula is C26H37N3O5. The van der Waals surface area contributed by atoms with Gasteiger partial charge in [0.2, 0.25) is 11.8 Å². The van der Waals surface area contributed by atoms with Crippen LogP contribution in [-0.2, 0) is 14.3 Å². The van der Waals surface area contributed by atoms with Crippen LogP contribution in [0.2, 0.25) is 0 Å². The van der Waals surface area contributed by atoms with Crippen molar-refractivity contribution in [3.63, 3.8) is 0 Å². The number of aliphatic hydroxyl groups is 1. The number of hydrogen-bond acceptors (Lipinski definition) is 6. The van der Waals surface area contributed by atoms with E-state index in [2.05, 4.69) is 15.5 Å². The molecule has 0 aromatic heterocycles. The number of hydrogen-bond donors (Lipinski definition) is 3. The minimum atomic E-state index is -0.481. The third kappa shape index (κ3) is 5.73. The van der Waals surface area contributed by atoms with Gasteiger partial charge in [0.15, 0.2) is 0 Å². The van der Waals surface area contributed by atoms with E-state index in [4.69, 9.17) is 9.47 Å². The summed E-state index contributed by atoms with van der Waals surface area (Å²) in [5, 5.41) is 16.0. The number of anilines is 1. The summed E-state index contributed by atoms with van der Waals surface area (Å²) in [6.07, 6.45) is 6.52. The molecule has 8 nitrogen and oxygen atoms in total. The molecule has 8 heteroatoms. The number of fused-ring (bicyclic) bond motifs is 3. The van der Waals surface area contributed by atoms with Crippen molar-refractivity contribution < 1.29 is 24.2 Å². The van der Waals surface area contributed by atoms with E-state index in [0.717, 1.165) is 49.5 Å². The van der Waals surface area contributed by atoms with E-state index in [-0.39, 0.29) is 43.0 Å². The fourth-order valence-corrected chi connectivity index (χ4v) is 5.58. The van der Waals surface area contributed by atoms with Gasteiger partial charge in [-0.3, -0.25) is 9.59 Å². The quantitative estimate of drug-likeness (QED) is 0.512. The van der Waals surface area contributed by atoms with Crippen LogP contribution in [-0.4, -0.2) is 72.9 Å². The molecule has 2 saturated heterocycles. The number of likely N-dealkylation sites (tertiary alicyclic amines) is 1. The van der Waals surface area contributed by atoms with Crippen LogP contribution in [0.4, 0.5) is 5.69 Å². The van der Waals surface area contributed by atoms with Gasteiger partial charge in [-0.05, 0) is 69.3 Å². The first-order valence-corrected chi connectivity index (χ1v) is 12.9. The zero-order valence-electron chi connectivity index (χ0n) is 19.8. The number of carbonyl (C=O) groups is 2. The van der Waals surface area contributed by atoms with Crippen LogP contribution in [0.5, 0.6) is 5.75 Å². The highest BCUT2D eigenvalue weighted by Crippen LogP contribution is 2.47. The minimum Gasteiger partial charge on any atom is -0.487 e. The molecule has 0 spiro atoms. The largest absolute Gasteiger partial charge is 0.487 e. The van der Waals surface area contributed by atoms with Gasteiger partial charge in [-0.15, -0.1) is 0 Å². The summed E-state index contributed by atoms with van der Waals surface area (Å²) < 4.78 is 12.2. The van der Waals surface area contributed by atoms with Crippen molar-refractivity contribution in [1.29, 1.82) is 0 Å². The first-order chi connectivity index (χ1) is 16.6. The predicted octanol–water partition coefficient (Wildman–Crippen LogP) is 2.41. The highest BCUT2D eigenvalue weighted by molar-refractivity contribution is 5.91. The molecule has 34 heavy (non-hydrogen) atoms. The fraction of sp³-hybridized carbons (Fsp3) is 0.692. The Morgan fingerprint density at radius 2 is 1.91 bits per heavy atom. The SMILES string of the molecule is O=C(C[C@@H]1C[C@@H]2c3cc(NC(=O)CC4CC4)ccc3O[C@@H]2[C@@H](CO)O1)NCCN1CCCCC1. The Morgan fingerprint density at radius 1 is 1.09 bits per heavy atom. The van der Waals surface area contributed by atoms with Gasteiger partial charge < -0.3 is 30.1 Å². The van der Waals surface area contributed by atoms with Crippen LogP contribution in [0, 0.1) is 5.92 Å². The van der Waals surface area contributed by atoms with Gasteiger partial charge >= 0.3 is 0 Å². The van der Waals surface area contributed by atoms with Crippen LogP contribution >= 0.6 is 0 Å². The van der Waals surface area contributed by atoms with Crippen LogP contribution < -0.4 is 15.4 Å². The molecule has 3 aliphatic heterocycles. The second-order valence-corrected chi connectivity index (χ2v) is 10.3. The molecule has 2 amide bonds. The number of piperidine rings is 1. The normalized spacial score (nSPS) is 28.5. The van der Waals surface area contributed by atoms with Crippen LogP contribution in [0.3, 0.4) is 0 Å². The highest BCUT2D eigenvalue weighted by atomic mass is 16.6. The lowest BCUT2D eigenvalue weighted by atomic mass is 9.84. The molecule has 1 saturated carbocycles. The monoisotopic (exact) mass is 471 g/mol. The van der Waals surface area contributed by atoms with Crippen LogP contribution in [0.15, 0.2) is 18.2 Å². The number of aliphatic hydroxyl groups excluding tert-OH is 1. The zero-order valence-corrected chi connectivity index (χ0v) is 19.8. The second-order valence-electron chi connectivity index (χ2n) is 10.3. The van der Waals surface area contributed by atoms with E-state index in [1.807, 2.05) is 18.2 Å². The molecule has 1 aromatic carbocycles. The van der Waals surface area contributed by atoms with Crippen molar-refractivity contribution in [2.75, 3.05) is 38.1 Å². The number of carbonyl (C=O) groups excluding carboxylic acids is 2. The average Bonchev–Trinajstić information content (AvgIpc) is 3.57. The lowest BCUT2D eigenvalue weighted by Crippen LogP contribution is -2.47. The van der Waals surface area contributed by atoms with Gasteiger partial charge in [0.05, 0.1) is 19.1 Å². The van der Waals surface area contributed by atoms with Gasteiger partial charge in [-0.1, -0.05) is 6.42 Å². The summed E-state index contributed by atoms with van der Waals surface area (Å²) in [6, 6.07) is 5.74. The van der Waals surface area contributed by atoms with E-state index in [9.17, 15) is 14.7 Å². The molecule has 4 aliphatic rings.